The van der Waals surface area contributed by atoms with Crippen LogP contribution in [0.5, 0.6) is 5.75 Å². The summed E-state index contributed by atoms with van der Waals surface area (Å²) in [5.41, 5.74) is 2.30. The number of methoxy groups -OCH3 is 1. The molecule has 1 aliphatic carbocycles. The highest BCUT2D eigenvalue weighted by molar-refractivity contribution is 7.17. The van der Waals surface area contributed by atoms with Crippen molar-refractivity contribution in [3.8, 4) is 5.75 Å². The van der Waals surface area contributed by atoms with Crippen molar-refractivity contribution in [2.75, 3.05) is 57.5 Å². The van der Waals surface area contributed by atoms with E-state index in [0.29, 0.717) is 28.5 Å². The molecule has 8 heteroatoms. The van der Waals surface area contributed by atoms with Crippen molar-refractivity contribution in [3.63, 3.8) is 0 Å². The predicted octanol–water partition coefficient (Wildman–Crippen LogP) is 2.68. The van der Waals surface area contributed by atoms with Gasteiger partial charge in [0.15, 0.2) is 0 Å². The van der Waals surface area contributed by atoms with E-state index in [4.69, 9.17) is 4.74 Å². The van der Waals surface area contributed by atoms with Crippen molar-refractivity contribution in [2.45, 2.75) is 19.3 Å². The van der Waals surface area contributed by atoms with Crippen molar-refractivity contribution in [1.82, 2.24) is 9.80 Å². The number of nitrogens with zero attached hydrogens (tertiary/aromatic N) is 2. The molecule has 1 fully saturated rings. The molecule has 0 atom stereocenters. The second kappa shape index (κ2) is 9.16. The highest BCUT2D eigenvalue weighted by Gasteiger charge is 2.28. The number of aryl methyl sites for hydroxylation is 1. The third-order valence-corrected chi connectivity index (χ3v) is 6.93. The Hall–Kier alpha value is -2.42. The molecule has 2 amide bonds. The van der Waals surface area contributed by atoms with E-state index >= 15 is 0 Å². The summed E-state index contributed by atoms with van der Waals surface area (Å²) in [5, 5.41) is 6.65. The smallest absolute Gasteiger partial charge is 0.259 e. The van der Waals surface area contributed by atoms with Gasteiger partial charge in [-0.3, -0.25) is 14.5 Å². The van der Waals surface area contributed by atoms with E-state index in [1.807, 2.05) is 24.3 Å². The molecule has 1 aromatic carbocycles. The number of thiophene rings is 1. The average molecular weight is 429 g/mol. The van der Waals surface area contributed by atoms with Crippen LogP contribution in [0.15, 0.2) is 24.3 Å². The van der Waals surface area contributed by atoms with Crippen LogP contribution in [-0.4, -0.2) is 68.5 Å². The molecule has 4 rings (SSSR count). The summed E-state index contributed by atoms with van der Waals surface area (Å²) in [5.74, 6) is 0.345. The van der Waals surface area contributed by atoms with Gasteiger partial charge in [-0.2, -0.15) is 0 Å². The molecule has 0 bridgehead atoms. The number of carbonyl (C=O) groups excluding carboxylic acids is 2. The maximum absolute atomic E-state index is 13.2. The van der Waals surface area contributed by atoms with Crippen molar-refractivity contribution in [1.29, 1.82) is 0 Å². The number of ether oxygens (including phenoxy) is 1. The van der Waals surface area contributed by atoms with Gasteiger partial charge < -0.3 is 20.3 Å². The van der Waals surface area contributed by atoms with Crippen molar-refractivity contribution in [3.05, 3.63) is 40.3 Å². The summed E-state index contributed by atoms with van der Waals surface area (Å²) in [6, 6.07) is 7.34. The average Bonchev–Trinajstić information content (AvgIpc) is 3.30. The molecule has 7 nitrogen and oxygen atoms in total. The van der Waals surface area contributed by atoms with Gasteiger partial charge in [0, 0.05) is 31.1 Å². The van der Waals surface area contributed by atoms with Crippen LogP contribution in [0.4, 0.5) is 10.7 Å². The summed E-state index contributed by atoms with van der Waals surface area (Å²) >= 11 is 1.54. The lowest BCUT2D eigenvalue weighted by Crippen LogP contribution is -2.47. The molecule has 0 radical (unpaired) electrons. The van der Waals surface area contributed by atoms with E-state index in [-0.39, 0.29) is 11.8 Å². The topological polar surface area (TPSA) is 73.9 Å². The summed E-state index contributed by atoms with van der Waals surface area (Å²) < 4.78 is 5.35. The molecule has 30 heavy (non-hydrogen) atoms. The van der Waals surface area contributed by atoms with E-state index in [1.54, 1.807) is 7.11 Å². The summed E-state index contributed by atoms with van der Waals surface area (Å²) in [6.45, 7) is 4.04. The number of anilines is 2. The predicted molar refractivity (Wildman–Crippen MR) is 120 cm³/mol. The molecule has 0 unspecified atom stereocenters. The monoisotopic (exact) mass is 428 g/mol. The van der Waals surface area contributed by atoms with Crippen LogP contribution < -0.4 is 15.4 Å². The molecular weight excluding hydrogens is 400 g/mol. The van der Waals surface area contributed by atoms with E-state index in [9.17, 15) is 9.59 Å². The van der Waals surface area contributed by atoms with Crippen molar-refractivity contribution in [2.24, 2.45) is 0 Å². The molecule has 1 aliphatic heterocycles. The Labute approximate surface area is 181 Å². The van der Waals surface area contributed by atoms with Crippen LogP contribution in [-0.2, 0) is 17.6 Å². The lowest BCUT2D eigenvalue weighted by atomic mass is 10.1. The number of hydrogen-bond acceptors (Lipinski definition) is 6. The third kappa shape index (κ3) is 4.50. The first-order valence-electron chi connectivity index (χ1n) is 10.3. The quantitative estimate of drug-likeness (QED) is 0.740. The zero-order valence-electron chi connectivity index (χ0n) is 17.5. The number of carbonyl (C=O) groups is 2. The fraction of sp³-hybridized carbons (Fsp3) is 0.455. The van der Waals surface area contributed by atoms with Gasteiger partial charge in [0.2, 0.25) is 5.91 Å². The van der Waals surface area contributed by atoms with Crippen molar-refractivity contribution >= 4 is 33.8 Å². The van der Waals surface area contributed by atoms with Crippen LogP contribution in [0, 0.1) is 0 Å². The lowest BCUT2D eigenvalue weighted by Gasteiger charge is -2.31. The largest absolute Gasteiger partial charge is 0.495 e. The first-order valence-corrected chi connectivity index (χ1v) is 11.2. The number of amides is 2. The number of likely N-dealkylation sites (N-methyl/N-ethyl adjacent to an activating group) is 1. The first-order chi connectivity index (χ1) is 14.5. The maximum atomic E-state index is 13.2. The molecule has 1 aromatic heterocycles. The van der Waals surface area contributed by atoms with E-state index in [1.165, 1.54) is 16.2 Å². The second-order valence-corrected chi connectivity index (χ2v) is 8.95. The standard InChI is InChI=1S/C22H28N4O3S/c1-25-10-12-26(13-11-25)14-19(27)24-22-20(15-6-5-9-18(15)30-22)21(28)23-16-7-3-4-8-17(16)29-2/h3-4,7-8H,5-6,9-14H2,1-2H3,(H,23,28)(H,24,27). The minimum Gasteiger partial charge on any atom is -0.495 e. The van der Waals surface area contributed by atoms with Gasteiger partial charge in [-0.25, -0.2) is 0 Å². The number of rotatable bonds is 6. The molecule has 2 N–H and O–H groups in total. The van der Waals surface area contributed by atoms with Gasteiger partial charge in [-0.05, 0) is 44.0 Å². The van der Waals surface area contributed by atoms with Gasteiger partial charge in [0.1, 0.15) is 10.8 Å². The first kappa shape index (κ1) is 20.8. The Kier molecular flexibility index (Phi) is 6.36. The molecule has 0 spiro atoms. The molecule has 2 aromatic rings. The lowest BCUT2D eigenvalue weighted by molar-refractivity contribution is -0.117. The SMILES string of the molecule is COc1ccccc1NC(=O)c1c(NC(=O)CN2CCN(C)CC2)sc2c1CCC2. The number of hydrogen-bond donors (Lipinski definition) is 2. The summed E-state index contributed by atoms with van der Waals surface area (Å²) in [7, 11) is 3.68. The zero-order valence-corrected chi connectivity index (χ0v) is 18.3. The minimum atomic E-state index is -0.200. The molecule has 0 saturated carbocycles. The van der Waals surface area contributed by atoms with Gasteiger partial charge in [-0.1, -0.05) is 12.1 Å². The number of piperazine rings is 1. The van der Waals surface area contributed by atoms with Crippen molar-refractivity contribution < 1.29 is 14.3 Å². The van der Waals surface area contributed by atoms with Gasteiger partial charge >= 0.3 is 0 Å². The molecule has 2 heterocycles. The van der Waals surface area contributed by atoms with Crippen LogP contribution >= 0.6 is 11.3 Å². The number of nitrogens with one attached hydrogen (secondary N) is 2. The van der Waals surface area contributed by atoms with Crippen LogP contribution in [0.3, 0.4) is 0 Å². The normalized spacial score (nSPS) is 16.9. The number of fused-ring (bicyclic) bond motifs is 1. The number of para-hydroxylation sites is 2. The van der Waals surface area contributed by atoms with Crippen LogP contribution in [0.2, 0.25) is 0 Å². The van der Waals surface area contributed by atoms with Crippen LogP contribution in [0.1, 0.15) is 27.2 Å². The fourth-order valence-corrected chi connectivity index (χ4v) is 5.34. The molecule has 2 aliphatic rings. The van der Waals surface area contributed by atoms with E-state index < -0.39 is 0 Å². The minimum absolute atomic E-state index is 0.0641. The third-order valence-electron chi connectivity index (χ3n) is 5.72. The Morgan fingerprint density at radius 2 is 1.87 bits per heavy atom. The van der Waals surface area contributed by atoms with Gasteiger partial charge in [-0.15, -0.1) is 11.3 Å². The highest BCUT2D eigenvalue weighted by Crippen LogP contribution is 2.39. The Morgan fingerprint density at radius 3 is 2.63 bits per heavy atom. The second-order valence-electron chi connectivity index (χ2n) is 7.84. The Balaban J connectivity index is 1.50. The van der Waals surface area contributed by atoms with E-state index in [2.05, 4.69) is 27.5 Å². The Bertz CT molecular complexity index is 934. The molecular formula is C22H28N4O3S. The maximum Gasteiger partial charge on any atom is 0.259 e. The van der Waals surface area contributed by atoms with Gasteiger partial charge in [0.25, 0.3) is 5.91 Å². The number of benzene rings is 1. The Morgan fingerprint density at radius 1 is 1.10 bits per heavy atom. The molecule has 160 valence electrons. The fourth-order valence-electron chi connectivity index (χ4n) is 4.04. The zero-order chi connectivity index (χ0) is 21.1. The summed E-state index contributed by atoms with van der Waals surface area (Å²) in [6.07, 6.45) is 2.88. The van der Waals surface area contributed by atoms with E-state index in [0.717, 1.165) is 51.0 Å². The van der Waals surface area contributed by atoms with Crippen LogP contribution in [0.25, 0.3) is 0 Å². The summed E-state index contributed by atoms with van der Waals surface area (Å²) in [4.78, 5) is 31.5. The highest BCUT2D eigenvalue weighted by atomic mass is 32.1. The van der Waals surface area contributed by atoms with Gasteiger partial charge in [0.05, 0.1) is 24.9 Å². The molecule has 1 saturated heterocycles.